The second-order valence-electron chi connectivity index (χ2n) is 13.5. The maximum atomic E-state index is 13.0. The van der Waals surface area contributed by atoms with Gasteiger partial charge in [0.2, 0.25) is 10.3 Å². The van der Waals surface area contributed by atoms with Crippen LogP contribution in [0.3, 0.4) is 0 Å². The molecule has 0 amide bonds. The van der Waals surface area contributed by atoms with Crippen molar-refractivity contribution in [3.8, 4) is 34.9 Å². The van der Waals surface area contributed by atoms with Crippen LogP contribution in [0, 0.1) is 28.5 Å². The Labute approximate surface area is 329 Å². The molecule has 6 aromatic rings. The summed E-state index contributed by atoms with van der Waals surface area (Å²) in [5.74, 6) is 1.23. The van der Waals surface area contributed by atoms with Gasteiger partial charge >= 0.3 is 0 Å². The van der Waals surface area contributed by atoms with E-state index >= 15 is 0 Å². The molecule has 0 aliphatic carbocycles. The number of hydrogen-bond acceptors (Lipinski definition) is 12. The average molecular weight is 769 g/mol. The van der Waals surface area contributed by atoms with E-state index in [4.69, 9.17) is 15.5 Å². The Morgan fingerprint density at radius 3 is 1.62 bits per heavy atom. The van der Waals surface area contributed by atoms with E-state index in [1.807, 2.05) is 42.5 Å². The predicted octanol–water partition coefficient (Wildman–Crippen LogP) is 7.02. The summed E-state index contributed by atoms with van der Waals surface area (Å²) in [7, 11) is 0. The molecule has 4 heterocycles. The molecule has 2 saturated heterocycles. The molecule has 2 aromatic heterocycles. The van der Waals surface area contributed by atoms with Gasteiger partial charge in [-0.1, -0.05) is 54.6 Å². The summed E-state index contributed by atoms with van der Waals surface area (Å²) in [4.78, 5) is 18.9. The maximum Gasteiger partial charge on any atom is 0.205 e. The van der Waals surface area contributed by atoms with Crippen LogP contribution >= 0.6 is 23.1 Å². The molecule has 55 heavy (non-hydrogen) atoms. The molecule has 278 valence electrons. The molecule has 0 saturated carbocycles. The number of nitrogens with zero attached hydrogens (tertiary/aromatic N) is 10. The molecule has 2 aliphatic rings. The van der Waals surface area contributed by atoms with Crippen molar-refractivity contribution in [1.29, 1.82) is 10.5 Å². The average Bonchev–Trinajstić information content (AvgIpc) is 3.96. The first-order chi connectivity index (χ1) is 27.0. The summed E-state index contributed by atoms with van der Waals surface area (Å²) < 4.78 is 22.0. The van der Waals surface area contributed by atoms with Crippen LogP contribution in [0.25, 0.3) is 22.8 Å². The van der Waals surface area contributed by atoms with Crippen LogP contribution in [0.2, 0.25) is 0 Å². The fourth-order valence-corrected chi connectivity index (χ4v) is 8.02. The molecule has 0 bridgehead atoms. The number of piperazine rings is 2. The lowest BCUT2D eigenvalue weighted by molar-refractivity contribution is 0.261. The molecule has 13 heteroatoms. The number of aromatic nitrogens is 4. The Kier molecular flexibility index (Phi) is 12.8. The van der Waals surface area contributed by atoms with E-state index < -0.39 is 0 Å². The summed E-state index contributed by atoms with van der Waals surface area (Å²) in [5.41, 5.74) is 5.66. The molecule has 2 aliphatic heterocycles. The first-order valence-electron chi connectivity index (χ1n) is 18.4. The fourth-order valence-electron chi connectivity index (χ4n) is 6.54. The van der Waals surface area contributed by atoms with Crippen molar-refractivity contribution >= 4 is 33.3 Å². The van der Waals surface area contributed by atoms with Crippen LogP contribution in [0.1, 0.15) is 22.3 Å². The van der Waals surface area contributed by atoms with Gasteiger partial charge in [0.15, 0.2) is 11.6 Å². The van der Waals surface area contributed by atoms with Gasteiger partial charge < -0.3 is 9.80 Å². The zero-order chi connectivity index (χ0) is 37.8. The van der Waals surface area contributed by atoms with Crippen LogP contribution in [-0.2, 0) is 12.8 Å². The highest BCUT2D eigenvalue weighted by Gasteiger charge is 2.22. The van der Waals surface area contributed by atoms with Crippen molar-refractivity contribution in [2.24, 2.45) is 0 Å². The first-order valence-corrected chi connectivity index (χ1v) is 20.0. The minimum Gasteiger partial charge on any atom is -0.344 e. The highest BCUT2D eigenvalue weighted by Crippen LogP contribution is 2.27. The van der Waals surface area contributed by atoms with Gasteiger partial charge in [-0.05, 0) is 72.5 Å². The van der Waals surface area contributed by atoms with Crippen molar-refractivity contribution in [2.75, 3.05) is 75.2 Å². The summed E-state index contributed by atoms with van der Waals surface area (Å²) in [6.45, 7) is 9.92. The number of anilines is 2. The molecule has 0 atom stereocenters. The summed E-state index contributed by atoms with van der Waals surface area (Å²) >= 11 is 2.86. The maximum absolute atomic E-state index is 13.0. The van der Waals surface area contributed by atoms with Crippen LogP contribution in [0.4, 0.5) is 14.7 Å². The Hall–Kier alpha value is -5.57. The van der Waals surface area contributed by atoms with Gasteiger partial charge in [0.05, 0.1) is 23.3 Å². The third-order valence-electron chi connectivity index (χ3n) is 9.83. The van der Waals surface area contributed by atoms with Crippen LogP contribution in [0.15, 0.2) is 103 Å². The summed E-state index contributed by atoms with van der Waals surface area (Å²) in [5, 5.41) is 19.9. The molecule has 4 aromatic carbocycles. The van der Waals surface area contributed by atoms with E-state index in [0.29, 0.717) is 22.8 Å². The van der Waals surface area contributed by atoms with Gasteiger partial charge in [-0.15, -0.1) is 0 Å². The van der Waals surface area contributed by atoms with Gasteiger partial charge in [0.1, 0.15) is 5.82 Å². The highest BCUT2D eigenvalue weighted by molar-refractivity contribution is 7.10. The van der Waals surface area contributed by atoms with Crippen molar-refractivity contribution in [3.63, 3.8) is 0 Å². The second-order valence-corrected chi connectivity index (χ2v) is 14.9. The zero-order valence-corrected chi connectivity index (χ0v) is 32.1. The van der Waals surface area contributed by atoms with Crippen LogP contribution in [-0.4, -0.2) is 94.0 Å². The molecule has 10 nitrogen and oxygen atoms in total. The largest absolute Gasteiger partial charge is 0.344 e. The Balaban J connectivity index is 0.000000169. The van der Waals surface area contributed by atoms with Gasteiger partial charge in [-0.25, -0.2) is 4.39 Å². The SMILES string of the molecule is N#Cc1ccc(-c2nsc(N3CCN(CCc4ccc(F)cc4)CC3)n2)cc1.N#Cc1cccc(-c2nsc(N3CCN(CCc4ccccc4)CC3)n2)c1. The first kappa shape index (κ1) is 37.7. The lowest BCUT2D eigenvalue weighted by Crippen LogP contribution is -2.47. The minimum atomic E-state index is -0.185. The molecule has 0 spiro atoms. The van der Waals surface area contributed by atoms with E-state index in [2.05, 4.69) is 75.8 Å². The van der Waals surface area contributed by atoms with E-state index in [1.165, 1.54) is 46.3 Å². The third-order valence-corrected chi connectivity index (χ3v) is 11.4. The predicted molar refractivity (Wildman–Crippen MR) is 218 cm³/mol. The monoisotopic (exact) mass is 768 g/mol. The molecule has 0 unspecified atom stereocenters. The quantitative estimate of drug-likeness (QED) is 0.144. The van der Waals surface area contributed by atoms with Crippen LogP contribution in [0.5, 0.6) is 0 Å². The topological polar surface area (TPSA) is 112 Å². The number of nitriles is 2. The Morgan fingerprint density at radius 2 is 1.07 bits per heavy atom. The lowest BCUT2D eigenvalue weighted by Gasteiger charge is -2.34. The zero-order valence-electron chi connectivity index (χ0n) is 30.5. The second kappa shape index (κ2) is 18.7. The number of benzene rings is 4. The van der Waals surface area contributed by atoms with Crippen molar-refractivity contribution in [2.45, 2.75) is 12.8 Å². The number of rotatable bonds is 10. The summed E-state index contributed by atoms with van der Waals surface area (Å²) in [6.07, 6.45) is 2.03. The van der Waals surface area contributed by atoms with E-state index in [0.717, 1.165) is 99.7 Å². The molecular formula is C42H41FN10S2. The molecule has 0 N–H and O–H groups in total. The van der Waals surface area contributed by atoms with Gasteiger partial charge in [0.25, 0.3) is 0 Å². The number of halogens is 1. The normalized spacial score (nSPS) is 14.8. The lowest BCUT2D eigenvalue weighted by atomic mass is 10.1. The standard InChI is InChI=1S/C21H20FN5S.C21H21N5S/c22-19-7-3-16(4-8-19)9-10-26-11-13-27(14-12-26)21-24-20(25-28-21)18-5-1-17(15-23)2-6-18;22-16-18-7-4-8-19(15-18)20-23-21(27-24-20)26-13-11-25(12-14-26)10-9-17-5-2-1-3-6-17/h1-8H,9-14H2;1-8,15H,9-14H2. The van der Waals surface area contributed by atoms with E-state index in [1.54, 1.807) is 18.2 Å². The Morgan fingerprint density at radius 1 is 0.545 bits per heavy atom. The van der Waals surface area contributed by atoms with E-state index in [9.17, 15) is 4.39 Å². The van der Waals surface area contributed by atoms with Gasteiger partial charge in [-0.2, -0.15) is 29.2 Å². The van der Waals surface area contributed by atoms with Gasteiger partial charge in [0, 0.05) is 99.6 Å². The van der Waals surface area contributed by atoms with E-state index in [-0.39, 0.29) is 5.82 Å². The van der Waals surface area contributed by atoms with Crippen molar-refractivity contribution < 1.29 is 4.39 Å². The minimum absolute atomic E-state index is 0.185. The fraction of sp³-hybridized carbons (Fsp3) is 0.286. The third kappa shape index (κ3) is 10.4. The molecule has 2 fully saturated rings. The van der Waals surface area contributed by atoms with Gasteiger partial charge in [-0.3, -0.25) is 9.80 Å². The Bertz CT molecular complexity index is 2190. The smallest absolute Gasteiger partial charge is 0.205 e. The highest BCUT2D eigenvalue weighted by atomic mass is 32.1. The molecule has 0 radical (unpaired) electrons. The summed E-state index contributed by atoms with van der Waals surface area (Å²) in [6, 6.07) is 36.5. The molecule has 8 rings (SSSR count). The van der Waals surface area contributed by atoms with Crippen molar-refractivity contribution in [1.82, 2.24) is 28.5 Å². The van der Waals surface area contributed by atoms with Crippen LogP contribution < -0.4 is 9.80 Å². The van der Waals surface area contributed by atoms with Crippen molar-refractivity contribution in [3.05, 3.63) is 131 Å². The molecular weight excluding hydrogens is 728 g/mol. The number of hydrogen-bond donors (Lipinski definition) is 0.